The fourth-order valence-corrected chi connectivity index (χ4v) is 0.719. The highest BCUT2D eigenvalue weighted by Crippen LogP contribution is 2.03. The minimum Gasteiger partial charge on any atom is -0.358 e. The smallest absolute Gasteiger partial charge is 0.358 e. The van der Waals surface area contributed by atoms with Crippen LogP contribution in [0.15, 0.2) is 12.1 Å². The van der Waals surface area contributed by atoms with Crippen molar-refractivity contribution in [1.82, 2.24) is 4.98 Å². The van der Waals surface area contributed by atoms with Crippen molar-refractivity contribution in [2.24, 2.45) is 0 Å². The quantitative estimate of drug-likeness (QED) is 0.309. The Balaban J connectivity index is 3.15. The number of aryl methyl sites for hydroxylation is 1. The molecule has 0 N–H and O–H groups in total. The van der Waals surface area contributed by atoms with Crippen LogP contribution in [0.5, 0.6) is 0 Å². The maximum atomic E-state index is 10.2. The molecule has 1 aromatic heterocycles. The third-order valence-corrected chi connectivity index (χ3v) is 1.52. The van der Waals surface area contributed by atoms with Crippen LogP contribution in [0.1, 0.15) is 5.56 Å². The summed E-state index contributed by atoms with van der Waals surface area (Å²) in [6.07, 6.45) is 0. The Morgan fingerprint density at radius 2 is 2.27 bits per heavy atom. The fourth-order valence-electron chi connectivity index (χ4n) is 0.719. The van der Waals surface area contributed by atoms with Crippen LogP contribution in [0.3, 0.4) is 0 Å². The Hall–Kier alpha value is -1.39. The van der Waals surface area contributed by atoms with Crippen LogP contribution < -0.4 is 5.59 Å². The van der Waals surface area contributed by atoms with Gasteiger partial charge >= 0.3 is 5.82 Å². The summed E-state index contributed by atoms with van der Waals surface area (Å²) in [5, 5.41) is 10.2. The molecule has 0 saturated carbocycles. The normalized spacial score (nSPS) is 9.55. The molecule has 11 heavy (non-hydrogen) atoms. The summed E-state index contributed by atoms with van der Waals surface area (Å²) in [6, 6.07) is 3.10. The van der Waals surface area contributed by atoms with E-state index in [9.17, 15) is 10.1 Å². The van der Waals surface area contributed by atoms with Crippen molar-refractivity contribution in [3.8, 4) is 0 Å². The van der Waals surface area contributed by atoms with Gasteiger partial charge in [-0.1, -0.05) is 4.98 Å². The van der Waals surface area contributed by atoms with Crippen LogP contribution in [-0.4, -0.2) is 17.8 Å². The van der Waals surface area contributed by atoms with Gasteiger partial charge in [0.2, 0.25) is 0 Å². The van der Waals surface area contributed by atoms with E-state index in [1.54, 1.807) is 13.9 Å². The molecule has 0 aliphatic carbocycles. The highest BCUT2D eigenvalue weighted by molar-refractivity contribution is 6.31. The van der Waals surface area contributed by atoms with Crippen molar-refractivity contribution in [3.63, 3.8) is 0 Å². The summed E-state index contributed by atoms with van der Waals surface area (Å²) < 4.78 is 0. The second kappa shape index (κ2) is 2.69. The van der Waals surface area contributed by atoms with Gasteiger partial charge in [-0.05, 0) is 23.5 Å². The molecule has 0 fully saturated rings. The van der Waals surface area contributed by atoms with E-state index >= 15 is 0 Å². The van der Waals surface area contributed by atoms with Gasteiger partial charge in [-0.2, -0.15) is 0 Å². The summed E-state index contributed by atoms with van der Waals surface area (Å²) in [5.74, 6) is -0.0897. The Morgan fingerprint density at radius 3 is 2.73 bits per heavy atom. The molecule has 0 amide bonds. The minimum absolute atomic E-state index is 0.0897. The molecule has 0 aliphatic heterocycles. The number of nitrogens with zero attached hydrogens (tertiary/aromatic N) is 2. The predicted octanol–water partition coefficient (Wildman–Crippen LogP) is -0.443. The van der Waals surface area contributed by atoms with Gasteiger partial charge in [0.25, 0.3) is 0 Å². The molecular formula is C6H7BN2O2. The van der Waals surface area contributed by atoms with E-state index in [2.05, 4.69) is 4.98 Å². The highest BCUT2D eigenvalue weighted by atomic mass is 16.6. The molecule has 4 nitrogen and oxygen atoms in total. The zero-order valence-corrected chi connectivity index (χ0v) is 6.37. The first-order chi connectivity index (χ1) is 5.11. The van der Waals surface area contributed by atoms with E-state index in [0.29, 0.717) is 5.59 Å². The lowest BCUT2D eigenvalue weighted by atomic mass is 9.99. The molecule has 1 rings (SSSR count). The molecule has 0 spiro atoms. The monoisotopic (exact) mass is 150 g/mol. The van der Waals surface area contributed by atoms with Crippen molar-refractivity contribution >= 4 is 19.3 Å². The summed E-state index contributed by atoms with van der Waals surface area (Å²) in [5.41, 5.74) is 1.68. The van der Waals surface area contributed by atoms with Gasteiger partial charge in [0.05, 0.1) is 0 Å². The van der Waals surface area contributed by atoms with E-state index in [4.69, 9.17) is 0 Å². The van der Waals surface area contributed by atoms with E-state index in [1.165, 1.54) is 6.07 Å². The van der Waals surface area contributed by atoms with Gasteiger partial charge in [-0.15, -0.1) is 0 Å². The summed E-state index contributed by atoms with van der Waals surface area (Å²) in [7, 11) is 1.75. The maximum absolute atomic E-state index is 10.2. The Labute approximate surface area is 64.8 Å². The van der Waals surface area contributed by atoms with Gasteiger partial charge < -0.3 is 10.1 Å². The second-order valence-electron chi connectivity index (χ2n) is 2.33. The zero-order valence-electron chi connectivity index (χ0n) is 6.37. The van der Waals surface area contributed by atoms with Crippen molar-refractivity contribution < 1.29 is 4.92 Å². The molecule has 5 heteroatoms. The Morgan fingerprint density at radius 1 is 1.64 bits per heavy atom. The molecule has 1 heterocycles. The SMILES string of the molecule is Bc1nc([N+](=O)[O-])ccc1C. The molecule has 0 saturated heterocycles. The van der Waals surface area contributed by atoms with Crippen molar-refractivity contribution in [1.29, 1.82) is 0 Å². The largest absolute Gasteiger partial charge is 0.362 e. The van der Waals surface area contributed by atoms with Crippen molar-refractivity contribution in [2.45, 2.75) is 6.92 Å². The van der Waals surface area contributed by atoms with Crippen LogP contribution in [-0.2, 0) is 0 Å². The van der Waals surface area contributed by atoms with Crippen molar-refractivity contribution in [2.75, 3.05) is 0 Å². The van der Waals surface area contributed by atoms with Crippen LogP contribution in [0.4, 0.5) is 5.82 Å². The standard InChI is InChI=1S/C6H7BN2O2/c1-4-2-3-5(9(10)11)8-6(4)7/h2-3H,7H2,1H3. The molecule has 0 aliphatic rings. The number of hydrogen-bond donors (Lipinski definition) is 0. The number of rotatable bonds is 1. The van der Waals surface area contributed by atoms with Crippen LogP contribution in [0.25, 0.3) is 0 Å². The van der Waals surface area contributed by atoms with Crippen LogP contribution in [0, 0.1) is 17.0 Å². The maximum Gasteiger partial charge on any atom is 0.362 e. The predicted molar refractivity (Wildman–Crippen MR) is 43.8 cm³/mol. The minimum atomic E-state index is -0.494. The molecule has 0 aromatic carbocycles. The molecule has 1 aromatic rings. The first-order valence-corrected chi connectivity index (χ1v) is 3.20. The van der Waals surface area contributed by atoms with Crippen LogP contribution in [0.2, 0.25) is 0 Å². The summed E-state index contributed by atoms with van der Waals surface area (Å²) in [4.78, 5) is 13.5. The lowest BCUT2D eigenvalue weighted by Gasteiger charge is -1.94. The molecule has 56 valence electrons. The third-order valence-electron chi connectivity index (χ3n) is 1.52. The van der Waals surface area contributed by atoms with E-state index in [1.807, 2.05) is 6.92 Å². The number of aromatic nitrogens is 1. The van der Waals surface area contributed by atoms with Crippen molar-refractivity contribution in [3.05, 3.63) is 27.8 Å². The fraction of sp³-hybridized carbons (Fsp3) is 0.167. The number of hydrogen-bond acceptors (Lipinski definition) is 3. The van der Waals surface area contributed by atoms with Gasteiger partial charge in [0.15, 0.2) is 7.85 Å². The summed E-state index contributed by atoms with van der Waals surface area (Å²) >= 11 is 0. The van der Waals surface area contributed by atoms with E-state index in [-0.39, 0.29) is 5.82 Å². The topological polar surface area (TPSA) is 56.0 Å². The Bertz CT molecular complexity index is 301. The van der Waals surface area contributed by atoms with E-state index < -0.39 is 4.92 Å². The average molecular weight is 150 g/mol. The average Bonchev–Trinajstić information content (AvgIpc) is 1.94. The third kappa shape index (κ3) is 1.55. The number of nitro groups is 1. The lowest BCUT2D eigenvalue weighted by molar-refractivity contribution is -0.389. The first kappa shape index (κ1) is 7.72. The van der Waals surface area contributed by atoms with E-state index in [0.717, 1.165) is 5.56 Å². The molecule has 0 unspecified atom stereocenters. The van der Waals surface area contributed by atoms with Gasteiger partial charge in [-0.25, -0.2) is 0 Å². The zero-order chi connectivity index (χ0) is 8.43. The highest BCUT2D eigenvalue weighted by Gasteiger charge is 2.07. The van der Waals surface area contributed by atoms with Gasteiger partial charge in [-0.3, -0.25) is 0 Å². The summed E-state index contributed by atoms with van der Waals surface area (Å²) in [6.45, 7) is 1.87. The lowest BCUT2D eigenvalue weighted by Crippen LogP contribution is -2.13. The Kier molecular flexibility index (Phi) is 1.89. The molecule has 0 atom stereocenters. The first-order valence-electron chi connectivity index (χ1n) is 3.20. The number of pyridine rings is 1. The molecule has 0 bridgehead atoms. The molecular weight excluding hydrogens is 143 g/mol. The second-order valence-corrected chi connectivity index (χ2v) is 2.33. The van der Waals surface area contributed by atoms with Gasteiger partial charge in [0, 0.05) is 6.07 Å². The van der Waals surface area contributed by atoms with Gasteiger partial charge in [0.1, 0.15) is 5.59 Å². The van der Waals surface area contributed by atoms with Crippen LogP contribution >= 0.6 is 0 Å². The molecule has 0 radical (unpaired) electrons.